The molecule has 3 heteroatoms. The number of amides is 1. The fourth-order valence-electron chi connectivity index (χ4n) is 2.76. The second kappa shape index (κ2) is 5.53. The number of primary amides is 1. The monoisotopic (exact) mass is 246 g/mol. The molecule has 1 aromatic rings. The first-order valence-corrected chi connectivity index (χ1v) is 6.67. The van der Waals surface area contributed by atoms with E-state index in [0.717, 1.165) is 25.8 Å². The van der Waals surface area contributed by atoms with Crippen LogP contribution in [0.5, 0.6) is 0 Å². The first-order chi connectivity index (χ1) is 8.58. The highest BCUT2D eigenvalue weighted by molar-refractivity contribution is 5.77. The molecule has 3 nitrogen and oxygen atoms in total. The van der Waals surface area contributed by atoms with Crippen molar-refractivity contribution in [1.82, 2.24) is 5.32 Å². The number of carbonyl (C=O) groups excluding carboxylic acids is 1. The van der Waals surface area contributed by atoms with E-state index in [4.69, 9.17) is 5.73 Å². The molecule has 18 heavy (non-hydrogen) atoms. The molecule has 1 aliphatic heterocycles. The molecular weight excluding hydrogens is 224 g/mol. The second-order valence-electron chi connectivity index (χ2n) is 5.35. The zero-order valence-electron chi connectivity index (χ0n) is 11.2. The predicted octanol–water partition coefficient (Wildman–Crippen LogP) is 1.70. The van der Waals surface area contributed by atoms with Gasteiger partial charge in [0, 0.05) is 6.04 Å². The zero-order chi connectivity index (χ0) is 13.1. The minimum atomic E-state index is -0.169. The molecule has 0 spiro atoms. The lowest BCUT2D eigenvalue weighted by Gasteiger charge is -2.31. The molecule has 1 fully saturated rings. The van der Waals surface area contributed by atoms with Gasteiger partial charge >= 0.3 is 0 Å². The minimum absolute atomic E-state index is 0.0290. The normalized spacial score (nSPS) is 23.9. The Morgan fingerprint density at radius 3 is 2.94 bits per heavy atom. The Balaban J connectivity index is 2.15. The molecule has 2 rings (SSSR count). The molecule has 3 N–H and O–H groups in total. The Morgan fingerprint density at radius 1 is 1.44 bits per heavy atom. The SMILES string of the molecule is Cc1ccc(C)c(CC2NCCCC2C(N)=O)c1. The topological polar surface area (TPSA) is 55.1 Å². The lowest BCUT2D eigenvalue weighted by Crippen LogP contribution is -2.48. The number of aryl methyl sites for hydroxylation is 2. The molecule has 1 aromatic carbocycles. The molecule has 0 bridgehead atoms. The summed E-state index contributed by atoms with van der Waals surface area (Å²) in [6.07, 6.45) is 2.84. The number of benzene rings is 1. The molecule has 2 unspecified atom stereocenters. The van der Waals surface area contributed by atoms with E-state index >= 15 is 0 Å². The molecule has 0 radical (unpaired) electrons. The number of nitrogens with one attached hydrogen (secondary N) is 1. The number of carbonyl (C=O) groups is 1. The summed E-state index contributed by atoms with van der Waals surface area (Å²) in [4.78, 5) is 11.5. The third-order valence-electron chi connectivity index (χ3n) is 3.89. The standard InChI is InChI=1S/C15H22N2O/c1-10-5-6-11(2)12(8-10)9-14-13(15(16)18)4-3-7-17-14/h5-6,8,13-14,17H,3-4,7,9H2,1-2H3,(H2,16,18). The van der Waals surface area contributed by atoms with E-state index in [2.05, 4.69) is 37.4 Å². The third kappa shape index (κ3) is 2.91. The molecule has 1 aliphatic rings. The van der Waals surface area contributed by atoms with E-state index in [0.29, 0.717) is 0 Å². The molecule has 0 saturated carbocycles. The highest BCUT2D eigenvalue weighted by Crippen LogP contribution is 2.21. The van der Waals surface area contributed by atoms with Gasteiger partial charge in [-0.1, -0.05) is 23.8 Å². The van der Waals surface area contributed by atoms with Crippen LogP contribution in [0.1, 0.15) is 29.5 Å². The van der Waals surface area contributed by atoms with Gasteiger partial charge < -0.3 is 11.1 Å². The Bertz CT molecular complexity index is 442. The molecule has 1 heterocycles. The van der Waals surface area contributed by atoms with Crippen LogP contribution in [0, 0.1) is 19.8 Å². The molecule has 0 aromatic heterocycles. The van der Waals surface area contributed by atoms with E-state index in [1.54, 1.807) is 0 Å². The van der Waals surface area contributed by atoms with E-state index in [1.807, 2.05) is 0 Å². The summed E-state index contributed by atoms with van der Waals surface area (Å²) < 4.78 is 0. The van der Waals surface area contributed by atoms with Gasteiger partial charge in [-0.15, -0.1) is 0 Å². The van der Waals surface area contributed by atoms with E-state index in [1.165, 1.54) is 16.7 Å². The average Bonchev–Trinajstić information content (AvgIpc) is 2.34. The van der Waals surface area contributed by atoms with Crippen LogP contribution < -0.4 is 11.1 Å². The van der Waals surface area contributed by atoms with Crippen LogP contribution >= 0.6 is 0 Å². The maximum atomic E-state index is 11.5. The van der Waals surface area contributed by atoms with Crippen LogP contribution in [0.4, 0.5) is 0 Å². The minimum Gasteiger partial charge on any atom is -0.369 e. The number of nitrogens with two attached hydrogens (primary N) is 1. The van der Waals surface area contributed by atoms with Crippen molar-refractivity contribution in [1.29, 1.82) is 0 Å². The molecular formula is C15H22N2O. The quantitative estimate of drug-likeness (QED) is 0.853. The van der Waals surface area contributed by atoms with Crippen LogP contribution in [0.2, 0.25) is 0 Å². The van der Waals surface area contributed by atoms with Crippen molar-refractivity contribution in [2.24, 2.45) is 11.7 Å². The summed E-state index contributed by atoms with van der Waals surface area (Å²) in [5.41, 5.74) is 9.37. The van der Waals surface area contributed by atoms with Gasteiger partial charge in [-0.3, -0.25) is 4.79 Å². The van der Waals surface area contributed by atoms with Gasteiger partial charge in [0.05, 0.1) is 5.92 Å². The second-order valence-corrected chi connectivity index (χ2v) is 5.35. The van der Waals surface area contributed by atoms with Gasteiger partial charge in [-0.25, -0.2) is 0 Å². The Hall–Kier alpha value is -1.35. The number of hydrogen-bond donors (Lipinski definition) is 2. The van der Waals surface area contributed by atoms with Crippen LogP contribution in [0.15, 0.2) is 18.2 Å². The van der Waals surface area contributed by atoms with Crippen molar-refractivity contribution in [2.75, 3.05) is 6.54 Å². The Morgan fingerprint density at radius 2 is 2.22 bits per heavy atom. The highest BCUT2D eigenvalue weighted by atomic mass is 16.1. The molecule has 1 saturated heterocycles. The van der Waals surface area contributed by atoms with Gasteiger partial charge in [0.25, 0.3) is 0 Å². The fourth-order valence-corrected chi connectivity index (χ4v) is 2.76. The van der Waals surface area contributed by atoms with Gasteiger partial charge in [-0.2, -0.15) is 0 Å². The van der Waals surface area contributed by atoms with Crippen molar-refractivity contribution >= 4 is 5.91 Å². The van der Waals surface area contributed by atoms with Crippen LogP contribution in [-0.4, -0.2) is 18.5 Å². The van der Waals surface area contributed by atoms with Crippen molar-refractivity contribution in [3.8, 4) is 0 Å². The summed E-state index contributed by atoms with van der Waals surface area (Å²) in [6.45, 7) is 5.21. The lowest BCUT2D eigenvalue weighted by molar-refractivity contribution is -0.123. The molecule has 1 amide bonds. The summed E-state index contributed by atoms with van der Waals surface area (Å²) in [5.74, 6) is -0.198. The molecule has 2 atom stereocenters. The fraction of sp³-hybridized carbons (Fsp3) is 0.533. The lowest BCUT2D eigenvalue weighted by atomic mass is 9.85. The molecule has 0 aliphatic carbocycles. The third-order valence-corrected chi connectivity index (χ3v) is 3.89. The van der Waals surface area contributed by atoms with Gasteiger partial charge in [0.15, 0.2) is 0 Å². The largest absolute Gasteiger partial charge is 0.369 e. The van der Waals surface area contributed by atoms with Crippen molar-refractivity contribution in [2.45, 2.75) is 39.2 Å². The van der Waals surface area contributed by atoms with Crippen LogP contribution in [0.25, 0.3) is 0 Å². The number of hydrogen-bond acceptors (Lipinski definition) is 2. The van der Waals surface area contributed by atoms with Gasteiger partial charge in [0.1, 0.15) is 0 Å². The predicted molar refractivity (Wildman–Crippen MR) is 73.3 cm³/mol. The van der Waals surface area contributed by atoms with E-state index in [9.17, 15) is 4.79 Å². The van der Waals surface area contributed by atoms with Crippen molar-refractivity contribution in [3.63, 3.8) is 0 Å². The average molecular weight is 246 g/mol. The van der Waals surface area contributed by atoms with Crippen LogP contribution in [0.3, 0.4) is 0 Å². The first kappa shape index (κ1) is 13.1. The van der Waals surface area contributed by atoms with Crippen molar-refractivity contribution in [3.05, 3.63) is 34.9 Å². The Kier molecular flexibility index (Phi) is 4.02. The molecule has 98 valence electrons. The van der Waals surface area contributed by atoms with E-state index in [-0.39, 0.29) is 17.9 Å². The zero-order valence-corrected chi connectivity index (χ0v) is 11.2. The Labute approximate surface area is 109 Å². The van der Waals surface area contributed by atoms with Gasteiger partial charge in [0.2, 0.25) is 5.91 Å². The summed E-state index contributed by atoms with van der Waals surface area (Å²) in [7, 11) is 0. The number of rotatable bonds is 3. The number of piperidine rings is 1. The maximum absolute atomic E-state index is 11.5. The summed E-state index contributed by atoms with van der Waals surface area (Å²) >= 11 is 0. The van der Waals surface area contributed by atoms with Gasteiger partial charge in [-0.05, 0) is 50.8 Å². The van der Waals surface area contributed by atoms with Crippen molar-refractivity contribution < 1.29 is 4.79 Å². The first-order valence-electron chi connectivity index (χ1n) is 6.67. The highest BCUT2D eigenvalue weighted by Gasteiger charge is 2.29. The smallest absolute Gasteiger partial charge is 0.222 e. The van der Waals surface area contributed by atoms with Crippen LogP contribution in [-0.2, 0) is 11.2 Å². The summed E-state index contributed by atoms with van der Waals surface area (Å²) in [5, 5.41) is 3.44. The maximum Gasteiger partial charge on any atom is 0.222 e. The summed E-state index contributed by atoms with van der Waals surface area (Å²) in [6, 6.07) is 6.67. The van der Waals surface area contributed by atoms with E-state index < -0.39 is 0 Å².